The number of aromatic hydroxyl groups is 1. The minimum atomic E-state index is -1.74. The molecule has 3 saturated heterocycles. The molecule has 16 nitrogen and oxygen atoms in total. The number of carbonyl (C=O) groups excluding carboxylic acids is 2. The van der Waals surface area contributed by atoms with E-state index >= 15 is 0 Å². The van der Waals surface area contributed by atoms with Gasteiger partial charge in [0.1, 0.15) is 36.6 Å². The van der Waals surface area contributed by atoms with Crippen molar-refractivity contribution in [1.82, 2.24) is 0 Å². The summed E-state index contributed by atoms with van der Waals surface area (Å²) in [5.74, 6) is -2.09. The first-order valence-electron chi connectivity index (χ1n) is 15.3. The highest BCUT2D eigenvalue weighted by atomic mass is 16.8. The number of phenols is 1. The second kappa shape index (κ2) is 15.3. The number of benzene rings is 1. The van der Waals surface area contributed by atoms with Gasteiger partial charge in [0, 0.05) is 17.9 Å². The maximum atomic E-state index is 12.5. The monoisotopic (exact) mass is 680 g/mol. The Bertz CT molecular complexity index is 1380. The molecule has 0 saturated carbocycles. The zero-order chi connectivity index (χ0) is 34.7. The molecule has 1 aromatic rings. The minimum Gasteiger partial charge on any atom is -0.504 e. The van der Waals surface area contributed by atoms with Gasteiger partial charge in [0.05, 0.1) is 38.3 Å². The van der Waals surface area contributed by atoms with Crippen molar-refractivity contribution < 1.29 is 78.1 Å². The SMILES string of the molecule is C=C[C@H]1[C@H](O[C@@H]2O[C@H](CO[C@@H]3O[C@@H](C)[C@H](OC(=O)C=Cc4ccc(O)c(OC)c4)[C@@H](O)[C@H]3O)[C@@H](O)[C@H](O)[C@H]2O)OC=C2C(=O)OCC[C@H]21. The van der Waals surface area contributed by atoms with Crippen LogP contribution in [0.25, 0.3) is 6.08 Å². The molecule has 0 aromatic heterocycles. The lowest BCUT2D eigenvalue weighted by Gasteiger charge is -2.44. The third-order valence-corrected chi connectivity index (χ3v) is 8.68. The Morgan fingerprint density at radius 3 is 2.50 bits per heavy atom. The van der Waals surface area contributed by atoms with Gasteiger partial charge in [-0.05, 0) is 37.1 Å². The topological polar surface area (TPSA) is 229 Å². The van der Waals surface area contributed by atoms with Crippen LogP contribution in [-0.4, -0.2) is 131 Å². The van der Waals surface area contributed by atoms with Gasteiger partial charge in [-0.1, -0.05) is 12.1 Å². The van der Waals surface area contributed by atoms with Gasteiger partial charge in [0.2, 0.25) is 6.29 Å². The first-order valence-corrected chi connectivity index (χ1v) is 15.3. The molecule has 4 heterocycles. The molecule has 4 aliphatic heterocycles. The van der Waals surface area contributed by atoms with Crippen LogP contribution in [0.15, 0.2) is 48.8 Å². The number of hydrogen-bond donors (Lipinski definition) is 6. The lowest BCUT2D eigenvalue weighted by atomic mass is 9.81. The average molecular weight is 681 g/mol. The molecule has 4 aliphatic rings. The van der Waals surface area contributed by atoms with Gasteiger partial charge in [0.25, 0.3) is 0 Å². The number of hydrogen-bond acceptors (Lipinski definition) is 16. The number of aliphatic hydroxyl groups excluding tert-OH is 5. The van der Waals surface area contributed by atoms with E-state index in [-0.39, 0.29) is 24.0 Å². The maximum Gasteiger partial charge on any atom is 0.337 e. The van der Waals surface area contributed by atoms with Crippen LogP contribution >= 0.6 is 0 Å². The summed E-state index contributed by atoms with van der Waals surface area (Å²) in [7, 11) is 1.38. The van der Waals surface area contributed by atoms with Crippen LogP contribution in [0, 0.1) is 11.8 Å². The quantitative estimate of drug-likeness (QED) is 0.101. The molecule has 48 heavy (non-hydrogen) atoms. The van der Waals surface area contributed by atoms with E-state index in [4.69, 9.17) is 37.9 Å². The third kappa shape index (κ3) is 7.51. The summed E-state index contributed by atoms with van der Waals surface area (Å²) in [6, 6.07) is 4.43. The van der Waals surface area contributed by atoms with Crippen LogP contribution in [0.5, 0.6) is 11.5 Å². The summed E-state index contributed by atoms with van der Waals surface area (Å²) >= 11 is 0. The molecule has 0 unspecified atom stereocenters. The molecule has 0 spiro atoms. The minimum absolute atomic E-state index is 0.0763. The first kappa shape index (κ1) is 35.7. The van der Waals surface area contributed by atoms with Crippen LogP contribution in [0.2, 0.25) is 0 Å². The van der Waals surface area contributed by atoms with Crippen LogP contribution in [-0.2, 0) is 42.7 Å². The van der Waals surface area contributed by atoms with Crippen molar-refractivity contribution in [2.45, 2.75) is 81.0 Å². The highest BCUT2D eigenvalue weighted by Gasteiger charge is 2.50. The van der Waals surface area contributed by atoms with E-state index in [1.54, 1.807) is 12.1 Å². The summed E-state index contributed by atoms with van der Waals surface area (Å²) in [6.07, 6.45) is -10.3. The molecule has 0 radical (unpaired) electrons. The average Bonchev–Trinajstić information content (AvgIpc) is 3.07. The zero-order valence-electron chi connectivity index (χ0n) is 26.1. The standard InChI is InChI=1S/C32H40O16/c1-4-16-17-9-10-42-29(40)18(17)12-43-30(16)48-32-26(38)24(36)23(35)21(46-32)13-44-31-27(39)25(37)28(14(2)45-31)47-22(34)8-6-15-5-7-19(33)20(11-15)41-3/h4-8,11-12,14,16-17,21,23-28,30-33,35-39H,1,9-10,13H2,2-3H3/t14-,16+,17-,21+,23+,24-,25-,26+,27+,28-,30-,31+,32-/m0/s1. The van der Waals surface area contributed by atoms with Crippen molar-refractivity contribution in [3.63, 3.8) is 0 Å². The maximum absolute atomic E-state index is 12.5. The fourth-order valence-electron chi connectivity index (χ4n) is 5.95. The number of ether oxygens (including phenoxy) is 8. The van der Waals surface area contributed by atoms with E-state index in [1.165, 1.54) is 38.5 Å². The molecule has 16 heteroatoms. The van der Waals surface area contributed by atoms with E-state index in [0.717, 1.165) is 6.08 Å². The van der Waals surface area contributed by atoms with Crippen molar-refractivity contribution in [3.05, 3.63) is 54.3 Å². The molecular formula is C32H40O16. The Morgan fingerprint density at radius 1 is 1.02 bits per heavy atom. The molecule has 0 amide bonds. The summed E-state index contributed by atoms with van der Waals surface area (Å²) in [6.45, 7) is 4.99. The molecule has 13 atom stereocenters. The Labute approximate surface area is 275 Å². The molecule has 3 fully saturated rings. The number of esters is 2. The van der Waals surface area contributed by atoms with Crippen LogP contribution in [0.1, 0.15) is 18.9 Å². The number of aliphatic hydroxyl groups is 5. The van der Waals surface area contributed by atoms with E-state index in [1.807, 2.05) is 0 Å². The van der Waals surface area contributed by atoms with E-state index in [2.05, 4.69) is 6.58 Å². The van der Waals surface area contributed by atoms with E-state index < -0.39 is 92.2 Å². The Hall–Kier alpha value is -3.58. The van der Waals surface area contributed by atoms with Crippen molar-refractivity contribution in [2.75, 3.05) is 20.3 Å². The number of fused-ring (bicyclic) bond motifs is 1. The summed E-state index contributed by atoms with van der Waals surface area (Å²) in [5.41, 5.74) is 0.846. The highest BCUT2D eigenvalue weighted by molar-refractivity contribution is 5.89. The number of rotatable bonds is 10. The van der Waals surface area contributed by atoms with E-state index in [9.17, 15) is 40.2 Å². The number of carbonyl (C=O) groups is 2. The van der Waals surface area contributed by atoms with E-state index in [0.29, 0.717) is 17.6 Å². The smallest absolute Gasteiger partial charge is 0.337 e. The second-order valence-corrected chi connectivity index (χ2v) is 11.8. The molecular weight excluding hydrogens is 640 g/mol. The van der Waals surface area contributed by atoms with Gasteiger partial charge in [0.15, 0.2) is 30.2 Å². The third-order valence-electron chi connectivity index (χ3n) is 8.68. The van der Waals surface area contributed by atoms with Gasteiger partial charge >= 0.3 is 11.9 Å². The molecule has 6 N–H and O–H groups in total. The highest BCUT2D eigenvalue weighted by Crippen LogP contribution is 2.39. The van der Waals surface area contributed by atoms with Crippen molar-refractivity contribution in [2.24, 2.45) is 11.8 Å². The number of phenolic OH excluding ortho intramolecular Hbond substituents is 1. The van der Waals surface area contributed by atoms with Gasteiger partial charge in [-0.25, -0.2) is 9.59 Å². The Kier molecular flexibility index (Phi) is 11.4. The Morgan fingerprint density at radius 2 is 1.77 bits per heavy atom. The van der Waals surface area contributed by atoms with Gasteiger partial charge in [-0.2, -0.15) is 0 Å². The van der Waals surface area contributed by atoms with Gasteiger partial charge < -0.3 is 68.5 Å². The van der Waals surface area contributed by atoms with Crippen molar-refractivity contribution >= 4 is 18.0 Å². The van der Waals surface area contributed by atoms with Crippen LogP contribution < -0.4 is 4.74 Å². The van der Waals surface area contributed by atoms with Crippen molar-refractivity contribution in [3.8, 4) is 11.5 Å². The van der Waals surface area contributed by atoms with Gasteiger partial charge in [-0.3, -0.25) is 0 Å². The molecule has 0 aliphatic carbocycles. The second-order valence-electron chi connectivity index (χ2n) is 11.8. The lowest BCUT2D eigenvalue weighted by molar-refractivity contribution is -0.351. The fourth-order valence-corrected chi connectivity index (χ4v) is 5.95. The normalized spacial score (nSPS) is 38.3. The zero-order valence-corrected chi connectivity index (χ0v) is 26.1. The largest absolute Gasteiger partial charge is 0.504 e. The summed E-state index contributed by atoms with van der Waals surface area (Å²) < 4.78 is 43.9. The van der Waals surface area contributed by atoms with Crippen LogP contribution in [0.3, 0.4) is 0 Å². The van der Waals surface area contributed by atoms with Gasteiger partial charge in [-0.15, -0.1) is 6.58 Å². The molecule has 0 bridgehead atoms. The van der Waals surface area contributed by atoms with Crippen molar-refractivity contribution in [1.29, 1.82) is 0 Å². The Balaban J connectivity index is 1.17. The first-order chi connectivity index (χ1) is 22.9. The number of cyclic esters (lactones) is 1. The molecule has 5 rings (SSSR count). The molecule has 1 aromatic carbocycles. The predicted octanol–water partition coefficient (Wildman–Crippen LogP) is -0.761. The fraction of sp³-hybridized carbons (Fsp3) is 0.562. The predicted molar refractivity (Wildman–Crippen MR) is 159 cm³/mol. The lowest BCUT2D eigenvalue weighted by Crippen LogP contribution is -2.62. The number of methoxy groups -OCH3 is 1. The summed E-state index contributed by atoms with van der Waals surface area (Å²) in [4.78, 5) is 24.6. The summed E-state index contributed by atoms with van der Waals surface area (Å²) in [5, 5.41) is 63.0. The van der Waals surface area contributed by atoms with Crippen LogP contribution in [0.4, 0.5) is 0 Å². The molecule has 264 valence electrons.